The number of carbonyl (C=O) groups excluding carboxylic acids is 2. The van der Waals surface area contributed by atoms with E-state index in [1.54, 1.807) is 0 Å². The maximum absolute atomic E-state index is 11.8. The highest BCUT2D eigenvalue weighted by Gasteiger charge is 2.38. The minimum Gasteiger partial charge on any atom is -0.387 e. The molecule has 3 N–H and O–H groups in total. The van der Waals surface area contributed by atoms with Crippen molar-refractivity contribution < 1.29 is 14.7 Å². The van der Waals surface area contributed by atoms with Crippen molar-refractivity contribution in [3.8, 4) is 0 Å². The van der Waals surface area contributed by atoms with E-state index in [1.165, 1.54) is 0 Å². The van der Waals surface area contributed by atoms with Gasteiger partial charge in [-0.15, -0.1) is 0 Å². The van der Waals surface area contributed by atoms with Gasteiger partial charge in [0, 0.05) is 25.4 Å². The van der Waals surface area contributed by atoms with Crippen LogP contribution in [-0.4, -0.2) is 30.0 Å². The van der Waals surface area contributed by atoms with Crippen LogP contribution in [0.15, 0.2) is 42.5 Å². The first-order valence-electron chi connectivity index (χ1n) is 8.76. The predicted octanol–water partition coefficient (Wildman–Crippen LogP) is 2.15. The van der Waals surface area contributed by atoms with Gasteiger partial charge >= 0.3 is 0 Å². The van der Waals surface area contributed by atoms with Crippen molar-refractivity contribution in [2.45, 2.75) is 25.9 Å². The lowest BCUT2D eigenvalue weighted by molar-refractivity contribution is -0.123. The second kappa shape index (κ2) is 7.66. The fourth-order valence-corrected chi connectivity index (χ4v) is 2.95. The fourth-order valence-electron chi connectivity index (χ4n) is 2.95. The predicted molar refractivity (Wildman–Crippen MR) is 96.8 cm³/mol. The molecule has 1 aliphatic carbocycles. The average Bonchev–Trinajstić information content (AvgIpc) is 3.36. The zero-order valence-electron chi connectivity index (χ0n) is 14.4. The minimum atomic E-state index is -0.754. The molecule has 25 heavy (non-hydrogen) atoms. The molecule has 2 aromatic rings. The first kappa shape index (κ1) is 17.4. The van der Waals surface area contributed by atoms with Gasteiger partial charge in [0.1, 0.15) is 0 Å². The molecule has 3 rings (SSSR count). The lowest BCUT2D eigenvalue weighted by Crippen LogP contribution is -2.33. The quantitative estimate of drug-likeness (QED) is 0.723. The van der Waals surface area contributed by atoms with Crippen molar-refractivity contribution in [1.29, 1.82) is 0 Å². The van der Waals surface area contributed by atoms with Crippen molar-refractivity contribution in [2.24, 2.45) is 11.8 Å². The van der Waals surface area contributed by atoms with Gasteiger partial charge in [0.25, 0.3) is 0 Å². The molecule has 5 nitrogen and oxygen atoms in total. The normalized spacial score (nSPS) is 20.1. The number of fused-ring (bicyclic) bond motifs is 1. The van der Waals surface area contributed by atoms with Gasteiger partial charge in [-0.2, -0.15) is 0 Å². The summed E-state index contributed by atoms with van der Waals surface area (Å²) >= 11 is 0. The maximum atomic E-state index is 11.8. The van der Waals surface area contributed by atoms with Gasteiger partial charge in [-0.25, -0.2) is 0 Å². The van der Waals surface area contributed by atoms with Gasteiger partial charge in [-0.05, 0) is 34.7 Å². The topological polar surface area (TPSA) is 78.4 Å². The number of carbonyl (C=O) groups is 2. The molecule has 0 aromatic heterocycles. The Labute approximate surface area is 147 Å². The third-order valence-corrected chi connectivity index (χ3v) is 4.75. The smallest absolute Gasteiger partial charge is 0.223 e. The second-order valence-electron chi connectivity index (χ2n) is 6.79. The summed E-state index contributed by atoms with van der Waals surface area (Å²) < 4.78 is 0. The van der Waals surface area contributed by atoms with Crippen LogP contribution in [0, 0.1) is 11.8 Å². The zero-order valence-corrected chi connectivity index (χ0v) is 14.4. The summed E-state index contributed by atoms with van der Waals surface area (Å²) in [5.41, 5.74) is 0.773. The second-order valence-corrected chi connectivity index (χ2v) is 6.79. The van der Waals surface area contributed by atoms with Crippen LogP contribution in [0.3, 0.4) is 0 Å². The van der Waals surface area contributed by atoms with Crippen molar-refractivity contribution in [1.82, 2.24) is 10.6 Å². The summed E-state index contributed by atoms with van der Waals surface area (Å²) in [4.78, 5) is 23.5. The van der Waals surface area contributed by atoms with Gasteiger partial charge in [-0.3, -0.25) is 9.59 Å². The Bertz CT molecular complexity index is 774. The first-order chi connectivity index (χ1) is 12.0. The lowest BCUT2D eigenvalue weighted by Gasteiger charge is -2.13. The number of aliphatic hydroxyl groups is 1. The molecule has 0 saturated heterocycles. The maximum Gasteiger partial charge on any atom is 0.223 e. The monoisotopic (exact) mass is 340 g/mol. The Morgan fingerprint density at radius 3 is 2.60 bits per heavy atom. The van der Waals surface area contributed by atoms with E-state index >= 15 is 0 Å². The highest BCUT2D eigenvalue weighted by atomic mass is 16.3. The molecule has 132 valence electrons. The Kier molecular flexibility index (Phi) is 5.34. The summed E-state index contributed by atoms with van der Waals surface area (Å²) in [5.74, 6) is 0.448. The Morgan fingerprint density at radius 1 is 1.16 bits per heavy atom. The fraction of sp³-hybridized carbons (Fsp3) is 0.400. The van der Waals surface area contributed by atoms with Crippen molar-refractivity contribution in [3.63, 3.8) is 0 Å². The minimum absolute atomic E-state index is 0.0384. The number of hydrogen-bond acceptors (Lipinski definition) is 3. The van der Waals surface area contributed by atoms with Crippen LogP contribution in [0.5, 0.6) is 0 Å². The number of nitrogens with one attached hydrogen (secondary N) is 2. The molecule has 5 heteroatoms. The van der Waals surface area contributed by atoms with Crippen LogP contribution >= 0.6 is 0 Å². The summed E-state index contributed by atoms with van der Waals surface area (Å²) in [5, 5.41) is 17.9. The number of benzene rings is 2. The molecule has 0 aliphatic heterocycles. The molecule has 0 spiro atoms. The summed E-state index contributed by atoms with van der Waals surface area (Å²) in [6.45, 7) is 2.54. The number of aliphatic hydroxyl groups excluding tert-OH is 1. The lowest BCUT2D eigenvalue weighted by atomic mass is 10.0. The van der Waals surface area contributed by atoms with Gasteiger partial charge in [0.15, 0.2) is 0 Å². The molecule has 0 radical (unpaired) electrons. The molecule has 0 bridgehead atoms. The number of hydrogen-bond donors (Lipinski definition) is 3. The highest BCUT2D eigenvalue weighted by molar-refractivity contribution is 5.83. The van der Waals surface area contributed by atoms with Crippen LogP contribution in [-0.2, 0) is 9.59 Å². The van der Waals surface area contributed by atoms with Crippen LogP contribution in [0.2, 0.25) is 0 Å². The van der Waals surface area contributed by atoms with E-state index in [1.807, 2.05) is 49.4 Å². The van der Waals surface area contributed by atoms with Crippen LogP contribution in [0.1, 0.15) is 31.4 Å². The summed E-state index contributed by atoms with van der Waals surface area (Å²) in [7, 11) is 0. The van der Waals surface area contributed by atoms with Gasteiger partial charge in [0.2, 0.25) is 11.8 Å². The number of rotatable bonds is 7. The third kappa shape index (κ3) is 4.57. The van der Waals surface area contributed by atoms with Crippen LogP contribution in [0.25, 0.3) is 10.8 Å². The zero-order chi connectivity index (χ0) is 17.8. The van der Waals surface area contributed by atoms with Gasteiger partial charge in [-0.1, -0.05) is 43.3 Å². The molecular weight excluding hydrogens is 316 g/mol. The molecule has 0 heterocycles. The van der Waals surface area contributed by atoms with E-state index in [0.717, 1.165) is 22.8 Å². The Morgan fingerprint density at radius 2 is 1.88 bits per heavy atom. The summed E-state index contributed by atoms with van der Waals surface area (Å²) in [6.07, 6.45) is 0.406. The van der Waals surface area contributed by atoms with Gasteiger partial charge < -0.3 is 15.7 Å². The third-order valence-electron chi connectivity index (χ3n) is 4.75. The molecule has 3 unspecified atom stereocenters. The van der Waals surface area contributed by atoms with E-state index in [4.69, 9.17) is 0 Å². The molecule has 1 aliphatic rings. The standard InChI is InChI=1S/C20H24N2O3/c1-13-10-17(13)20(25)21-9-8-19(24)22-12-18(23)16-7-6-14-4-2-3-5-15(14)11-16/h2-7,11,13,17-18,23H,8-10,12H2,1H3,(H,21,25)(H,22,24). The molecule has 2 amide bonds. The van der Waals surface area contributed by atoms with Crippen LogP contribution < -0.4 is 10.6 Å². The van der Waals surface area contributed by atoms with E-state index in [2.05, 4.69) is 10.6 Å². The van der Waals surface area contributed by atoms with E-state index in [-0.39, 0.29) is 30.7 Å². The molecule has 1 saturated carbocycles. The van der Waals surface area contributed by atoms with Crippen LogP contribution in [0.4, 0.5) is 0 Å². The largest absolute Gasteiger partial charge is 0.387 e. The molecule has 3 atom stereocenters. The molecule has 2 aromatic carbocycles. The first-order valence-corrected chi connectivity index (χ1v) is 8.76. The Hall–Kier alpha value is -2.40. The SMILES string of the molecule is CC1CC1C(=O)NCCC(=O)NCC(O)c1ccc2ccccc2c1. The van der Waals surface area contributed by atoms with E-state index in [9.17, 15) is 14.7 Å². The summed E-state index contributed by atoms with van der Waals surface area (Å²) in [6, 6.07) is 13.7. The Balaban J connectivity index is 1.42. The average molecular weight is 340 g/mol. The highest BCUT2D eigenvalue weighted by Crippen LogP contribution is 2.37. The van der Waals surface area contributed by atoms with E-state index in [0.29, 0.717) is 12.5 Å². The van der Waals surface area contributed by atoms with Crippen molar-refractivity contribution in [3.05, 3.63) is 48.0 Å². The molecule has 1 fully saturated rings. The van der Waals surface area contributed by atoms with Crippen molar-refractivity contribution >= 4 is 22.6 Å². The van der Waals surface area contributed by atoms with Crippen molar-refractivity contribution in [2.75, 3.05) is 13.1 Å². The van der Waals surface area contributed by atoms with Gasteiger partial charge in [0.05, 0.1) is 6.10 Å². The van der Waals surface area contributed by atoms with E-state index < -0.39 is 6.10 Å². The molecular formula is C20H24N2O3. The number of amides is 2.